The van der Waals surface area contributed by atoms with Gasteiger partial charge in [-0.25, -0.2) is 23.7 Å². The zero-order chi connectivity index (χ0) is 30.7. The maximum Gasteiger partial charge on any atom is 0.217 e. The molecule has 4 heterocycles. The minimum Gasteiger partial charge on any atom is -0.486 e. The van der Waals surface area contributed by atoms with Crippen molar-refractivity contribution in [3.8, 4) is 22.9 Å². The summed E-state index contributed by atoms with van der Waals surface area (Å²) in [6.45, 7) is 13.3. The number of rotatable bonds is 10. The molecule has 0 bridgehead atoms. The van der Waals surface area contributed by atoms with E-state index in [2.05, 4.69) is 44.8 Å². The molecule has 2 aromatic heterocycles. The van der Waals surface area contributed by atoms with Gasteiger partial charge in [-0.3, -0.25) is 0 Å². The zero-order valence-electron chi connectivity index (χ0n) is 26.2. The van der Waals surface area contributed by atoms with Gasteiger partial charge in [0, 0.05) is 30.3 Å². The molecule has 5 rings (SSSR count). The maximum atomic E-state index is 15.1. The van der Waals surface area contributed by atoms with Crippen molar-refractivity contribution in [2.24, 2.45) is 0 Å². The van der Waals surface area contributed by atoms with Crippen LogP contribution in [0, 0.1) is 11.6 Å². The van der Waals surface area contributed by atoms with Crippen LogP contribution in [0.3, 0.4) is 0 Å². The lowest BCUT2D eigenvalue weighted by atomic mass is 9.89. The molecule has 0 radical (unpaired) electrons. The highest BCUT2D eigenvalue weighted by Gasteiger charge is 2.27. The van der Waals surface area contributed by atoms with E-state index < -0.39 is 11.6 Å². The van der Waals surface area contributed by atoms with E-state index >= 15 is 8.78 Å². The molecule has 0 aliphatic carbocycles. The normalized spacial score (nSPS) is 16.2. The third kappa shape index (κ3) is 7.41. The van der Waals surface area contributed by atoms with Crippen LogP contribution in [-0.2, 0) is 6.42 Å². The highest BCUT2D eigenvalue weighted by molar-refractivity contribution is 5.72. The Hall–Kier alpha value is -3.37. The average Bonchev–Trinajstić information content (AvgIpc) is 2.97. The number of hydrogen-bond acceptors (Lipinski definition) is 8. The first-order valence-electron chi connectivity index (χ1n) is 15.4. The molecule has 8 nitrogen and oxygen atoms in total. The van der Waals surface area contributed by atoms with Crippen LogP contribution in [0.5, 0.6) is 11.6 Å². The number of hydrogen-bond donors (Lipinski definition) is 0. The second-order valence-electron chi connectivity index (χ2n) is 12.4. The molecular weight excluding hydrogens is 550 g/mol. The van der Waals surface area contributed by atoms with Crippen molar-refractivity contribution in [3.05, 3.63) is 59.2 Å². The number of nitrogens with zero attached hydrogens (tertiary/aromatic N) is 6. The molecule has 0 spiro atoms. The highest BCUT2D eigenvalue weighted by Crippen LogP contribution is 2.39. The minimum absolute atomic E-state index is 0.0244. The zero-order valence-corrected chi connectivity index (χ0v) is 26.2. The van der Waals surface area contributed by atoms with Gasteiger partial charge in [-0.2, -0.15) is 0 Å². The van der Waals surface area contributed by atoms with Gasteiger partial charge >= 0.3 is 0 Å². The molecule has 3 aromatic rings. The number of benzene rings is 1. The van der Waals surface area contributed by atoms with Gasteiger partial charge in [-0.1, -0.05) is 6.07 Å². The van der Waals surface area contributed by atoms with Crippen molar-refractivity contribution in [1.82, 2.24) is 24.8 Å². The molecule has 2 aliphatic rings. The van der Waals surface area contributed by atoms with Crippen LogP contribution in [0.2, 0.25) is 0 Å². The van der Waals surface area contributed by atoms with Crippen molar-refractivity contribution >= 4 is 5.69 Å². The molecule has 0 atom stereocenters. The van der Waals surface area contributed by atoms with Gasteiger partial charge in [0.15, 0.2) is 17.4 Å². The molecule has 43 heavy (non-hydrogen) atoms. The lowest BCUT2D eigenvalue weighted by Gasteiger charge is -2.34. The molecule has 0 unspecified atom stereocenters. The predicted octanol–water partition coefficient (Wildman–Crippen LogP) is 5.54. The van der Waals surface area contributed by atoms with E-state index in [0.717, 1.165) is 56.5 Å². The molecule has 1 aromatic carbocycles. The molecule has 0 N–H and O–H groups in total. The molecule has 232 valence electrons. The van der Waals surface area contributed by atoms with Crippen LogP contribution in [0.15, 0.2) is 30.5 Å². The summed E-state index contributed by atoms with van der Waals surface area (Å²) in [6, 6.07) is 7.27. The Morgan fingerprint density at radius 2 is 1.79 bits per heavy atom. The van der Waals surface area contributed by atoms with E-state index in [4.69, 9.17) is 14.5 Å². The van der Waals surface area contributed by atoms with Crippen molar-refractivity contribution < 1.29 is 18.3 Å². The van der Waals surface area contributed by atoms with E-state index in [1.165, 1.54) is 6.07 Å². The number of ether oxygens (including phenoxy) is 2. The first-order chi connectivity index (χ1) is 20.6. The van der Waals surface area contributed by atoms with Crippen LogP contribution in [0.1, 0.15) is 63.5 Å². The van der Waals surface area contributed by atoms with E-state index in [1.54, 1.807) is 6.07 Å². The molecule has 10 heteroatoms. The number of aromatic nitrogens is 3. The summed E-state index contributed by atoms with van der Waals surface area (Å²) in [6.07, 6.45) is 3.53. The quantitative estimate of drug-likeness (QED) is 0.303. The fraction of sp³-hybridized carbons (Fsp3) is 0.545. The Kier molecular flexibility index (Phi) is 9.76. The van der Waals surface area contributed by atoms with Crippen LogP contribution in [0.25, 0.3) is 11.3 Å². The summed E-state index contributed by atoms with van der Waals surface area (Å²) in [5.41, 5.74) is 2.87. The van der Waals surface area contributed by atoms with Crippen LogP contribution >= 0.6 is 0 Å². The van der Waals surface area contributed by atoms with Gasteiger partial charge in [-0.05, 0) is 91.8 Å². The Morgan fingerprint density at radius 1 is 1.02 bits per heavy atom. The number of likely N-dealkylation sites (N-methyl/N-ethyl adjacent to an activating group) is 1. The van der Waals surface area contributed by atoms with Gasteiger partial charge in [-0.15, -0.1) is 0 Å². The number of likely N-dealkylation sites (tertiary alicyclic amines) is 1. The summed E-state index contributed by atoms with van der Waals surface area (Å²) in [5.74, 6) is 0.477. The fourth-order valence-corrected chi connectivity index (χ4v) is 5.85. The molecular formula is C33H44F2N6O2. The van der Waals surface area contributed by atoms with Gasteiger partial charge < -0.3 is 24.2 Å². The highest BCUT2D eigenvalue weighted by atomic mass is 19.1. The molecule has 1 fully saturated rings. The Labute approximate surface area is 254 Å². The largest absolute Gasteiger partial charge is 0.486 e. The van der Waals surface area contributed by atoms with E-state index in [9.17, 15) is 0 Å². The van der Waals surface area contributed by atoms with Crippen molar-refractivity contribution in [2.75, 3.05) is 58.3 Å². The summed E-state index contributed by atoms with van der Waals surface area (Å²) in [5, 5.41) is 0. The lowest BCUT2D eigenvalue weighted by Crippen LogP contribution is -2.38. The average molecular weight is 595 g/mol. The summed E-state index contributed by atoms with van der Waals surface area (Å²) in [4.78, 5) is 20.5. The number of fused-ring (bicyclic) bond motifs is 1. The van der Waals surface area contributed by atoms with Crippen LogP contribution in [0.4, 0.5) is 14.5 Å². The monoisotopic (exact) mass is 594 g/mol. The molecule has 0 amide bonds. The molecule has 1 saturated heterocycles. The fourth-order valence-electron chi connectivity index (χ4n) is 5.85. The first kappa shape index (κ1) is 31.1. The summed E-state index contributed by atoms with van der Waals surface area (Å²) in [7, 11) is 4.22. The van der Waals surface area contributed by atoms with Crippen LogP contribution < -0.4 is 14.4 Å². The van der Waals surface area contributed by atoms with Crippen molar-refractivity contribution in [2.45, 2.75) is 65.0 Å². The van der Waals surface area contributed by atoms with Gasteiger partial charge in [0.05, 0.1) is 36.6 Å². The smallest absolute Gasteiger partial charge is 0.217 e. The van der Waals surface area contributed by atoms with Gasteiger partial charge in [0.1, 0.15) is 18.1 Å². The van der Waals surface area contributed by atoms with E-state index in [1.807, 2.05) is 33.8 Å². The van der Waals surface area contributed by atoms with Crippen molar-refractivity contribution in [3.63, 3.8) is 0 Å². The third-order valence-corrected chi connectivity index (χ3v) is 8.13. The van der Waals surface area contributed by atoms with Crippen molar-refractivity contribution in [1.29, 1.82) is 0 Å². The Morgan fingerprint density at radius 3 is 2.49 bits per heavy atom. The second-order valence-corrected chi connectivity index (χ2v) is 12.4. The SMILES string of the molecule is CC(C)Oc1nc(Cc2ncc(F)c(-c3cc(F)c4c(c3)N(C(C)C)CCO4)n2)ccc1C1CCN(CCN(C)C)CC1. The topological polar surface area (TPSA) is 66.9 Å². The third-order valence-electron chi connectivity index (χ3n) is 8.13. The summed E-state index contributed by atoms with van der Waals surface area (Å²) >= 11 is 0. The first-order valence-corrected chi connectivity index (χ1v) is 15.4. The Bertz CT molecular complexity index is 1410. The number of pyridine rings is 1. The second kappa shape index (κ2) is 13.5. The van der Waals surface area contributed by atoms with Gasteiger partial charge in [0.2, 0.25) is 5.88 Å². The van der Waals surface area contributed by atoms with Gasteiger partial charge in [0.25, 0.3) is 0 Å². The van der Waals surface area contributed by atoms with Crippen LogP contribution in [-0.4, -0.2) is 90.3 Å². The minimum atomic E-state index is -0.611. The predicted molar refractivity (Wildman–Crippen MR) is 165 cm³/mol. The maximum absolute atomic E-state index is 15.1. The number of halogens is 2. The Balaban J connectivity index is 1.37. The number of anilines is 1. The lowest BCUT2D eigenvalue weighted by molar-refractivity contribution is 0.187. The summed E-state index contributed by atoms with van der Waals surface area (Å²) < 4.78 is 42.0. The van der Waals surface area contributed by atoms with E-state index in [-0.39, 0.29) is 23.6 Å². The molecule has 2 aliphatic heterocycles. The van der Waals surface area contributed by atoms with E-state index in [0.29, 0.717) is 48.4 Å². The molecule has 0 saturated carbocycles. The standard InChI is InChI=1S/C33H44F2N6O2/c1-21(2)41-15-16-42-32-27(34)17-24(18-29(32)41)31-28(35)20-36-30(38-31)19-25-7-8-26(33(37-25)43-22(3)4)23-9-11-40(12-10-23)14-13-39(5)6/h7-8,17-18,20-23H,9-16,19H2,1-6H3. The number of piperidine rings is 1.